The molecule has 0 spiro atoms. The first kappa shape index (κ1) is 17.0. The van der Waals surface area contributed by atoms with Gasteiger partial charge in [-0.1, -0.05) is 38.5 Å². The first-order valence-electron chi connectivity index (χ1n) is 8.48. The highest BCUT2D eigenvalue weighted by Crippen LogP contribution is 2.18. The molecule has 5 heteroatoms. The molecule has 1 aromatic rings. The zero-order valence-corrected chi connectivity index (χ0v) is 13.8. The summed E-state index contributed by atoms with van der Waals surface area (Å²) >= 11 is 0. The van der Waals surface area contributed by atoms with E-state index in [0.717, 1.165) is 19.4 Å². The second-order valence-electron chi connectivity index (χ2n) is 6.38. The molecule has 0 bridgehead atoms. The molecule has 1 unspecified atom stereocenters. The SMILES string of the molecule is Cc1cn(C)c(=O)n(CCCCCCCCCC2CO2)c1=O. The fraction of sp³-hybridized carbons (Fsp3) is 0.765. The van der Waals surface area contributed by atoms with E-state index in [9.17, 15) is 9.59 Å². The Balaban J connectivity index is 1.60. The third kappa shape index (κ3) is 5.13. The van der Waals surface area contributed by atoms with Gasteiger partial charge in [0, 0.05) is 25.4 Å². The quantitative estimate of drug-likeness (QED) is 0.492. The molecular weight excluding hydrogens is 280 g/mol. The van der Waals surface area contributed by atoms with Gasteiger partial charge in [0.2, 0.25) is 0 Å². The molecule has 124 valence electrons. The van der Waals surface area contributed by atoms with Crippen LogP contribution in [0.4, 0.5) is 0 Å². The standard InChI is InChI=1S/C17H28N2O3/c1-14-12-18(2)17(21)19(16(14)20)11-9-7-5-3-4-6-8-10-15-13-22-15/h12,15H,3-11,13H2,1-2H3. The van der Waals surface area contributed by atoms with Crippen molar-refractivity contribution in [2.24, 2.45) is 7.05 Å². The van der Waals surface area contributed by atoms with E-state index >= 15 is 0 Å². The minimum absolute atomic E-state index is 0.148. The highest BCUT2D eigenvalue weighted by Gasteiger charge is 2.20. The van der Waals surface area contributed by atoms with Crippen LogP contribution in [0.25, 0.3) is 0 Å². The maximum atomic E-state index is 12.0. The first-order valence-corrected chi connectivity index (χ1v) is 8.48. The van der Waals surface area contributed by atoms with Crippen molar-refractivity contribution < 1.29 is 4.74 Å². The summed E-state index contributed by atoms with van der Waals surface area (Å²) in [6, 6.07) is 0. The number of hydrogen-bond acceptors (Lipinski definition) is 3. The molecule has 2 rings (SSSR count). The summed E-state index contributed by atoms with van der Waals surface area (Å²) in [6.45, 7) is 3.26. The van der Waals surface area contributed by atoms with Crippen molar-refractivity contribution in [3.05, 3.63) is 32.6 Å². The van der Waals surface area contributed by atoms with Gasteiger partial charge in [0.25, 0.3) is 5.56 Å². The number of hydrogen-bond donors (Lipinski definition) is 0. The van der Waals surface area contributed by atoms with Crippen LogP contribution in [0, 0.1) is 6.92 Å². The Morgan fingerprint density at radius 1 is 1.09 bits per heavy atom. The van der Waals surface area contributed by atoms with Crippen LogP contribution in [0.3, 0.4) is 0 Å². The molecule has 1 atom stereocenters. The van der Waals surface area contributed by atoms with Crippen LogP contribution in [-0.2, 0) is 18.3 Å². The molecular formula is C17H28N2O3. The van der Waals surface area contributed by atoms with Crippen molar-refractivity contribution in [3.8, 4) is 0 Å². The van der Waals surface area contributed by atoms with Crippen molar-refractivity contribution in [1.29, 1.82) is 0 Å². The summed E-state index contributed by atoms with van der Waals surface area (Å²) in [7, 11) is 1.69. The first-order chi connectivity index (χ1) is 10.6. The Labute approximate surface area is 131 Å². The summed E-state index contributed by atoms with van der Waals surface area (Å²) in [5.74, 6) is 0. The van der Waals surface area contributed by atoms with E-state index in [-0.39, 0.29) is 11.2 Å². The number of aromatic nitrogens is 2. The van der Waals surface area contributed by atoms with Gasteiger partial charge in [-0.05, 0) is 19.8 Å². The zero-order chi connectivity index (χ0) is 15.9. The van der Waals surface area contributed by atoms with Gasteiger partial charge < -0.3 is 9.30 Å². The Kier molecular flexibility index (Phi) is 6.43. The lowest BCUT2D eigenvalue weighted by atomic mass is 10.1. The van der Waals surface area contributed by atoms with Gasteiger partial charge in [-0.2, -0.15) is 0 Å². The van der Waals surface area contributed by atoms with Crippen LogP contribution in [-0.4, -0.2) is 21.8 Å². The summed E-state index contributed by atoms with van der Waals surface area (Å²) in [4.78, 5) is 23.9. The van der Waals surface area contributed by atoms with Gasteiger partial charge in [0.1, 0.15) is 0 Å². The molecule has 22 heavy (non-hydrogen) atoms. The number of nitrogens with zero attached hydrogens (tertiary/aromatic N) is 2. The van der Waals surface area contributed by atoms with E-state index < -0.39 is 0 Å². The number of ether oxygens (including phenoxy) is 1. The van der Waals surface area contributed by atoms with E-state index in [4.69, 9.17) is 4.74 Å². The number of rotatable bonds is 10. The summed E-state index contributed by atoms with van der Waals surface area (Å²) < 4.78 is 8.04. The predicted octanol–water partition coefficient (Wildman–Crippen LogP) is 2.38. The minimum Gasteiger partial charge on any atom is -0.373 e. The second kappa shape index (κ2) is 8.32. The van der Waals surface area contributed by atoms with Gasteiger partial charge in [0.15, 0.2) is 0 Å². The van der Waals surface area contributed by atoms with E-state index in [1.165, 1.54) is 47.7 Å². The van der Waals surface area contributed by atoms with Crippen LogP contribution < -0.4 is 11.2 Å². The molecule has 2 heterocycles. The summed E-state index contributed by atoms with van der Waals surface area (Å²) in [5, 5.41) is 0. The van der Waals surface area contributed by atoms with Crippen molar-refractivity contribution in [2.45, 2.75) is 70.9 Å². The number of aryl methyl sites for hydroxylation is 2. The Morgan fingerprint density at radius 3 is 2.32 bits per heavy atom. The zero-order valence-electron chi connectivity index (χ0n) is 13.8. The van der Waals surface area contributed by atoms with Gasteiger partial charge in [-0.3, -0.25) is 9.36 Å². The average molecular weight is 308 g/mol. The Hall–Kier alpha value is -1.36. The molecule has 0 saturated carbocycles. The maximum absolute atomic E-state index is 12.0. The summed E-state index contributed by atoms with van der Waals surface area (Å²) in [5.41, 5.74) is 0.269. The molecule has 0 radical (unpaired) electrons. The topological polar surface area (TPSA) is 56.5 Å². The highest BCUT2D eigenvalue weighted by atomic mass is 16.6. The smallest absolute Gasteiger partial charge is 0.330 e. The van der Waals surface area contributed by atoms with Crippen molar-refractivity contribution in [2.75, 3.05) is 6.61 Å². The third-order valence-corrected chi connectivity index (χ3v) is 4.31. The molecule has 1 fully saturated rings. The fourth-order valence-corrected chi connectivity index (χ4v) is 2.85. The predicted molar refractivity (Wildman–Crippen MR) is 87.4 cm³/mol. The van der Waals surface area contributed by atoms with Crippen molar-refractivity contribution >= 4 is 0 Å². The maximum Gasteiger partial charge on any atom is 0.330 e. The summed E-state index contributed by atoms with van der Waals surface area (Å²) in [6.07, 6.45) is 11.6. The van der Waals surface area contributed by atoms with Gasteiger partial charge in [-0.15, -0.1) is 0 Å². The Morgan fingerprint density at radius 2 is 1.68 bits per heavy atom. The lowest BCUT2D eigenvalue weighted by Crippen LogP contribution is -2.39. The molecule has 0 amide bonds. The third-order valence-electron chi connectivity index (χ3n) is 4.31. The number of epoxide rings is 1. The molecule has 0 N–H and O–H groups in total. The van der Waals surface area contributed by atoms with Crippen LogP contribution in [0.5, 0.6) is 0 Å². The van der Waals surface area contributed by atoms with Crippen LogP contribution in [0.2, 0.25) is 0 Å². The molecule has 0 aromatic carbocycles. The van der Waals surface area contributed by atoms with E-state index in [1.54, 1.807) is 20.2 Å². The lowest BCUT2D eigenvalue weighted by Gasteiger charge is -2.08. The molecule has 5 nitrogen and oxygen atoms in total. The molecule has 1 aromatic heterocycles. The Bertz CT molecular complexity index is 550. The van der Waals surface area contributed by atoms with Crippen molar-refractivity contribution in [3.63, 3.8) is 0 Å². The van der Waals surface area contributed by atoms with E-state index in [2.05, 4.69) is 0 Å². The van der Waals surface area contributed by atoms with Crippen LogP contribution in [0.1, 0.15) is 56.9 Å². The largest absolute Gasteiger partial charge is 0.373 e. The molecule has 1 aliphatic heterocycles. The highest BCUT2D eigenvalue weighted by molar-refractivity contribution is 5.02. The fourth-order valence-electron chi connectivity index (χ4n) is 2.85. The minimum atomic E-state index is -0.210. The van der Waals surface area contributed by atoms with Crippen molar-refractivity contribution in [1.82, 2.24) is 9.13 Å². The molecule has 1 saturated heterocycles. The van der Waals surface area contributed by atoms with Gasteiger partial charge >= 0.3 is 5.69 Å². The van der Waals surface area contributed by atoms with Crippen LogP contribution in [0.15, 0.2) is 15.8 Å². The normalized spacial score (nSPS) is 16.9. The molecule has 1 aliphatic rings. The second-order valence-corrected chi connectivity index (χ2v) is 6.38. The lowest BCUT2D eigenvalue weighted by molar-refractivity contribution is 0.387. The van der Waals surface area contributed by atoms with E-state index in [1.807, 2.05) is 0 Å². The number of unbranched alkanes of at least 4 members (excludes halogenated alkanes) is 6. The average Bonchev–Trinajstić information content (AvgIpc) is 3.30. The monoisotopic (exact) mass is 308 g/mol. The van der Waals surface area contributed by atoms with E-state index in [0.29, 0.717) is 18.2 Å². The van der Waals surface area contributed by atoms with Gasteiger partial charge in [-0.25, -0.2) is 4.79 Å². The molecule has 0 aliphatic carbocycles. The van der Waals surface area contributed by atoms with Gasteiger partial charge in [0.05, 0.1) is 12.7 Å². The van der Waals surface area contributed by atoms with Crippen LogP contribution >= 0.6 is 0 Å².